The molecule has 2 bridgehead atoms. The van der Waals surface area contributed by atoms with Crippen molar-refractivity contribution in [2.24, 2.45) is 5.92 Å². The minimum atomic E-state index is -0.354. The first-order valence-electron chi connectivity index (χ1n) is 9.38. The van der Waals surface area contributed by atoms with E-state index in [9.17, 15) is 9.59 Å². The van der Waals surface area contributed by atoms with E-state index in [0.29, 0.717) is 5.56 Å². The summed E-state index contributed by atoms with van der Waals surface area (Å²) in [4.78, 5) is 28.0. The summed E-state index contributed by atoms with van der Waals surface area (Å²) in [5.41, 5.74) is 1.74. The van der Waals surface area contributed by atoms with Crippen LogP contribution in [0.25, 0.3) is 0 Å². The molecule has 1 saturated carbocycles. The van der Waals surface area contributed by atoms with Crippen molar-refractivity contribution in [3.63, 3.8) is 0 Å². The summed E-state index contributed by atoms with van der Waals surface area (Å²) in [6.07, 6.45) is 2.97. The predicted octanol–water partition coefficient (Wildman–Crippen LogP) is 3.56. The molecule has 2 fully saturated rings. The van der Waals surface area contributed by atoms with Crippen molar-refractivity contribution < 1.29 is 9.59 Å². The molecular weight excluding hydrogens is 324 g/mol. The highest BCUT2D eigenvalue weighted by molar-refractivity contribution is 5.98. The van der Waals surface area contributed by atoms with Crippen LogP contribution in [0.3, 0.4) is 0 Å². The topological polar surface area (TPSA) is 49.4 Å². The lowest BCUT2D eigenvalue weighted by atomic mass is 9.96. The molecule has 2 aliphatic rings. The smallest absolute Gasteiger partial charge is 0.254 e. The van der Waals surface area contributed by atoms with E-state index in [-0.39, 0.29) is 35.9 Å². The highest BCUT2D eigenvalue weighted by atomic mass is 16.2. The lowest BCUT2D eigenvalue weighted by molar-refractivity contribution is -0.127. The van der Waals surface area contributed by atoms with Crippen LogP contribution in [0.1, 0.15) is 48.1 Å². The zero-order valence-corrected chi connectivity index (χ0v) is 15.0. The molecule has 2 amide bonds. The zero-order valence-electron chi connectivity index (χ0n) is 15.0. The van der Waals surface area contributed by atoms with Crippen molar-refractivity contribution in [1.29, 1.82) is 0 Å². The van der Waals surface area contributed by atoms with Gasteiger partial charge in [-0.25, -0.2) is 0 Å². The Morgan fingerprint density at radius 3 is 2.35 bits per heavy atom. The lowest BCUT2D eigenvalue weighted by Crippen LogP contribution is -2.53. The van der Waals surface area contributed by atoms with E-state index in [4.69, 9.17) is 0 Å². The Balaban J connectivity index is 1.54. The van der Waals surface area contributed by atoms with Crippen LogP contribution in [-0.2, 0) is 4.79 Å². The first-order valence-corrected chi connectivity index (χ1v) is 9.38. The number of fused-ring (bicyclic) bond motifs is 2. The first-order chi connectivity index (χ1) is 12.6. The minimum Gasteiger partial charge on any atom is -0.348 e. The van der Waals surface area contributed by atoms with Crippen LogP contribution in [0.2, 0.25) is 0 Å². The molecule has 1 aliphatic carbocycles. The van der Waals surface area contributed by atoms with Gasteiger partial charge in [0.25, 0.3) is 5.91 Å². The zero-order chi connectivity index (χ0) is 18.1. The summed E-state index contributed by atoms with van der Waals surface area (Å²) >= 11 is 0. The minimum absolute atomic E-state index is 0.0229. The molecule has 0 radical (unpaired) electrons. The number of nitrogens with one attached hydrogen (secondary N) is 1. The van der Waals surface area contributed by atoms with Crippen LogP contribution < -0.4 is 5.32 Å². The van der Waals surface area contributed by atoms with Crippen molar-refractivity contribution in [2.75, 3.05) is 0 Å². The molecule has 2 aromatic rings. The third-order valence-corrected chi connectivity index (χ3v) is 5.77. The number of likely N-dealkylation sites (tertiary alicyclic amines) is 1. The fraction of sp³-hybridized carbons (Fsp3) is 0.364. The number of carbonyl (C=O) groups is 2. The number of rotatable bonds is 4. The molecule has 4 unspecified atom stereocenters. The number of hydrogen-bond acceptors (Lipinski definition) is 2. The van der Waals surface area contributed by atoms with Gasteiger partial charge in [-0.3, -0.25) is 9.59 Å². The third-order valence-electron chi connectivity index (χ3n) is 5.77. The molecule has 26 heavy (non-hydrogen) atoms. The Labute approximate surface area is 154 Å². The average Bonchev–Trinajstić information content (AvgIpc) is 3.30. The molecular formula is C22H24N2O2. The summed E-state index contributed by atoms with van der Waals surface area (Å²) in [5, 5.41) is 3.13. The van der Waals surface area contributed by atoms with Crippen LogP contribution in [0, 0.1) is 5.92 Å². The second-order valence-electron chi connectivity index (χ2n) is 7.39. The Morgan fingerprint density at radius 2 is 1.65 bits per heavy atom. The van der Waals surface area contributed by atoms with E-state index in [2.05, 4.69) is 5.32 Å². The van der Waals surface area contributed by atoms with Crippen LogP contribution in [0.4, 0.5) is 0 Å². The Bertz CT molecular complexity index is 790. The van der Waals surface area contributed by atoms with Crippen LogP contribution in [-0.4, -0.2) is 28.8 Å². The number of amides is 2. The summed E-state index contributed by atoms with van der Waals surface area (Å²) in [6, 6.07) is 19.0. The number of nitrogens with zero attached hydrogens (tertiary/aromatic N) is 1. The lowest BCUT2D eigenvalue weighted by Gasteiger charge is -2.35. The molecule has 4 heteroatoms. The number of piperidine rings is 1. The van der Waals surface area contributed by atoms with Crippen molar-refractivity contribution in [3.8, 4) is 0 Å². The van der Waals surface area contributed by atoms with Gasteiger partial charge in [0.2, 0.25) is 5.91 Å². The standard InChI is InChI=1S/C22H24N2O2/c1-15(16-8-4-2-5-9-16)23-21(25)20-18-12-13-19(14-18)24(20)22(26)17-10-6-3-7-11-17/h2-11,15,18-20H,12-14H2,1H3,(H,23,25). The fourth-order valence-electron chi connectivity index (χ4n) is 4.47. The maximum atomic E-state index is 13.1. The molecule has 134 valence electrons. The Morgan fingerprint density at radius 1 is 1.00 bits per heavy atom. The second-order valence-corrected chi connectivity index (χ2v) is 7.39. The maximum absolute atomic E-state index is 13.1. The van der Waals surface area contributed by atoms with Crippen molar-refractivity contribution >= 4 is 11.8 Å². The van der Waals surface area contributed by atoms with E-state index in [1.165, 1.54) is 0 Å². The number of carbonyl (C=O) groups excluding carboxylic acids is 2. The van der Waals surface area contributed by atoms with Crippen LogP contribution in [0.15, 0.2) is 60.7 Å². The van der Waals surface area contributed by atoms with E-state index in [1.54, 1.807) is 0 Å². The molecule has 1 N–H and O–H groups in total. The van der Waals surface area contributed by atoms with Crippen LogP contribution >= 0.6 is 0 Å². The molecule has 0 aromatic heterocycles. The molecule has 1 heterocycles. The van der Waals surface area contributed by atoms with Gasteiger partial charge < -0.3 is 10.2 Å². The van der Waals surface area contributed by atoms with Gasteiger partial charge in [0.15, 0.2) is 0 Å². The Kier molecular flexibility index (Phi) is 4.49. The maximum Gasteiger partial charge on any atom is 0.254 e. The molecule has 1 saturated heterocycles. The van der Waals surface area contributed by atoms with Gasteiger partial charge in [0.05, 0.1) is 6.04 Å². The van der Waals surface area contributed by atoms with Gasteiger partial charge in [-0.15, -0.1) is 0 Å². The van der Waals surface area contributed by atoms with Gasteiger partial charge in [-0.2, -0.15) is 0 Å². The molecule has 4 rings (SSSR count). The summed E-state index contributed by atoms with van der Waals surface area (Å²) in [6.45, 7) is 1.99. The van der Waals surface area contributed by atoms with E-state index in [1.807, 2.05) is 72.5 Å². The monoisotopic (exact) mass is 348 g/mol. The van der Waals surface area contributed by atoms with E-state index in [0.717, 1.165) is 24.8 Å². The number of benzene rings is 2. The normalized spacial score (nSPS) is 25.1. The molecule has 4 nitrogen and oxygen atoms in total. The quantitative estimate of drug-likeness (QED) is 0.918. The largest absolute Gasteiger partial charge is 0.348 e. The van der Waals surface area contributed by atoms with E-state index < -0.39 is 0 Å². The van der Waals surface area contributed by atoms with Gasteiger partial charge >= 0.3 is 0 Å². The van der Waals surface area contributed by atoms with Gasteiger partial charge in [0, 0.05) is 11.6 Å². The first kappa shape index (κ1) is 16.8. The van der Waals surface area contributed by atoms with Gasteiger partial charge in [-0.05, 0) is 49.8 Å². The molecule has 0 spiro atoms. The number of hydrogen-bond donors (Lipinski definition) is 1. The summed E-state index contributed by atoms with van der Waals surface area (Å²) in [7, 11) is 0. The van der Waals surface area contributed by atoms with Crippen molar-refractivity contribution in [1.82, 2.24) is 10.2 Å². The highest BCUT2D eigenvalue weighted by Crippen LogP contribution is 2.43. The van der Waals surface area contributed by atoms with Crippen LogP contribution in [0.5, 0.6) is 0 Å². The SMILES string of the molecule is CC(NC(=O)C1C2CCC(C2)N1C(=O)c1ccccc1)c1ccccc1. The molecule has 1 aliphatic heterocycles. The van der Waals surface area contributed by atoms with Crippen molar-refractivity contribution in [3.05, 3.63) is 71.8 Å². The van der Waals surface area contributed by atoms with Gasteiger partial charge in [-0.1, -0.05) is 48.5 Å². The third kappa shape index (κ3) is 3.00. The summed E-state index contributed by atoms with van der Waals surface area (Å²) in [5.74, 6) is 0.221. The second kappa shape index (κ2) is 6.94. The van der Waals surface area contributed by atoms with Crippen molar-refractivity contribution in [2.45, 2.75) is 44.3 Å². The van der Waals surface area contributed by atoms with E-state index >= 15 is 0 Å². The predicted molar refractivity (Wildman–Crippen MR) is 101 cm³/mol. The highest BCUT2D eigenvalue weighted by Gasteiger charge is 2.51. The Hall–Kier alpha value is -2.62. The van der Waals surface area contributed by atoms with Gasteiger partial charge in [0.1, 0.15) is 6.04 Å². The fourth-order valence-corrected chi connectivity index (χ4v) is 4.47. The molecule has 4 atom stereocenters. The average molecular weight is 348 g/mol. The molecule has 2 aromatic carbocycles. The summed E-state index contributed by atoms with van der Waals surface area (Å²) < 4.78 is 0.